The topological polar surface area (TPSA) is 43.8 Å². The molecular formula is C10H18ClN3S. The number of halogens is 1. The Kier molecular flexibility index (Phi) is 4.96. The van der Waals surface area contributed by atoms with E-state index in [1.165, 1.54) is 0 Å². The summed E-state index contributed by atoms with van der Waals surface area (Å²) in [5.41, 5.74) is 7.68. The first-order valence-electron chi connectivity index (χ1n) is 5.06. The molecule has 1 aromatic heterocycles. The largest absolute Gasteiger partial charge is 0.330 e. The number of nitrogens with zero attached hydrogens (tertiary/aromatic N) is 2. The lowest BCUT2D eigenvalue weighted by Gasteiger charge is -2.09. The number of aryl methyl sites for hydroxylation is 2. The highest BCUT2D eigenvalue weighted by Gasteiger charge is 2.12. The minimum Gasteiger partial charge on any atom is -0.330 e. The molecule has 0 saturated carbocycles. The van der Waals surface area contributed by atoms with Crippen molar-refractivity contribution in [1.82, 2.24) is 9.78 Å². The molecule has 86 valence electrons. The summed E-state index contributed by atoms with van der Waals surface area (Å²) >= 11 is 8.01. The Labute approximate surface area is 100 Å². The summed E-state index contributed by atoms with van der Waals surface area (Å²) in [6, 6.07) is 0. The molecule has 1 rings (SSSR count). The molecule has 15 heavy (non-hydrogen) atoms. The van der Waals surface area contributed by atoms with Crippen molar-refractivity contribution in [2.45, 2.75) is 31.3 Å². The molecular weight excluding hydrogens is 230 g/mol. The van der Waals surface area contributed by atoms with Crippen LogP contribution in [0.3, 0.4) is 0 Å². The average Bonchev–Trinajstić information content (AvgIpc) is 2.40. The van der Waals surface area contributed by atoms with Crippen LogP contribution >= 0.6 is 23.4 Å². The van der Waals surface area contributed by atoms with E-state index >= 15 is 0 Å². The third-order valence-electron chi connectivity index (χ3n) is 2.36. The van der Waals surface area contributed by atoms with Crippen molar-refractivity contribution >= 4 is 23.4 Å². The van der Waals surface area contributed by atoms with Crippen LogP contribution in [0.5, 0.6) is 0 Å². The maximum atomic E-state index is 6.14. The quantitative estimate of drug-likeness (QED) is 0.869. The molecule has 0 spiro atoms. The van der Waals surface area contributed by atoms with Gasteiger partial charge in [-0.25, -0.2) is 0 Å². The van der Waals surface area contributed by atoms with Gasteiger partial charge in [-0.05, 0) is 19.9 Å². The van der Waals surface area contributed by atoms with Gasteiger partial charge in [-0.3, -0.25) is 4.68 Å². The Morgan fingerprint density at radius 2 is 2.27 bits per heavy atom. The van der Waals surface area contributed by atoms with Crippen molar-refractivity contribution in [3.8, 4) is 0 Å². The number of aromatic nitrogens is 2. The van der Waals surface area contributed by atoms with Crippen LogP contribution in [0.1, 0.15) is 24.6 Å². The Morgan fingerprint density at radius 3 is 2.73 bits per heavy atom. The fraction of sp³-hybridized carbons (Fsp3) is 0.700. The first kappa shape index (κ1) is 12.9. The van der Waals surface area contributed by atoms with Gasteiger partial charge in [0.2, 0.25) is 0 Å². The van der Waals surface area contributed by atoms with Crippen molar-refractivity contribution in [3.63, 3.8) is 0 Å². The Hall–Kier alpha value is -0.190. The SMILES string of the molecule is Cc1nn(C)c(Cl)c1CSC(C)CCN. The van der Waals surface area contributed by atoms with E-state index in [2.05, 4.69) is 12.0 Å². The van der Waals surface area contributed by atoms with Crippen LogP contribution in [0, 0.1) is 6.92 Å². The number of nitrogens with two attached hydrogens (primary N) is 1. The molecule has 0 radical (unpaired) electrons. The molecule has 0 aliphatic heterocycles. The third kappa shape index (κ3) is 3.40. The summed E-state index contributed by atoms with van der Waals surface area (Å²) in [6.45, 7) is 4.93. The first-order chi connectivity index (χ1) is 7.06. The molecule has 0 aromatic carbocycles. The van der Waals surface area contributed by atoms with Crippen LogP contribution in [-0.2, 0) is 12.8 Å². The second-order valence-electron chi connectivity index (χ2n) is 3.68. The van der Waals surface area contributed by atoms with Gasteiger partial charge in [-0.2, -0.15) is 16.9 Å². The van der Waals surface area contributed by atoms with E-state index in [0.717, 1.165) is 35.1 Å². The minimum absolute atomic E-state index is 0.575. The normalized spacial score (nSPS) is 13.1. The lowest BCUT2D eigenvalue weighted by Crippen LogP contribution is -2.07. The second kappa shape index (κ2) is 5.77. The molecule has 1 unspecified atom stereocenters. The summed E-state index contributed by atoms with van der Waals surface area (Å²) in [5.74, 6) is 0.916. The predicted molar refractivity (Wildman–Crippen MR) is 67.4 cm³/mol. The molecule has 0 saturated heterocycles. The van der Waals surface area contributed by atoms with Gasteiger partial charge in [-0.1, -0.05) is 18.5 Å². The summed E-state index contributed by atoms with van der Waals surface area (Å²) in [4.78, 5) is 0. The molecule has 2 N–H and O–H groups in total. The van der Waals surface area contributed by atoms with Crippen molar-refractivity contribution in [1.29, 1.82) is 0 Å². The molecule has 0 aliphatic rings. The van der Waals surface area contributed by atoms with Crippen molar-refractivity contribution < 1.29 is 0 Å². The number of hydrogen-bond donors (Lipinski definition) is 1. The minimum atomic E-state index is 0.575. The first-order valence-corrected chi connectivity index (χ1v) is 6.48. The van der Waals surface area contributed by atoms with Gasteiger partial charge in [0.1, 0.15) is 5.15 Å². The van der Waals surface area contributed by atoms with Crippen LogP contribution in [0.4, 0.5) is 0 Å². The van der Waals surface area contributed by atoms with Crippen molar-refractivity contribution in [3.05, 3.63) is 16.4 Å². The summed E-state index contributed by atoms with van der Waals surface area (Å²) in [5, 5.41) is 5.61. The highest BCUT2D eigenvalue weighted by molar-refractivity contribution is 7.99. The maximum absolute atomic E-state index is 6.14. The van der Waals surface area contributed by atoms with Gasteiger partial charge in [0.15, 0.2) is 0 Å². The number of thioether (sulfide) groups is 1. The molecule has 0 amide bonds. The summed E-state index contributed by atoms with van der Waals surface area (Å²) in [6.07, 6.45) is 1.04. The highest BCUT2D eigenvalue weighted by Crippen LogP contribution is 2.26. The van der Waals surface area contributed by atoms with Crippen LogP contribution < -0.4 is 5.73 Å². The molecule has 1 aromatic rings. The molecule has 0 aliphatic carbocycles. The maximum Gasteiger partial charge on any atom is 0.131 e. The van der Waals surface area contributed by atoms with E-state index in [0.29, 0.717) is 5.25 Å². The second-order valence-corrected chi connectivity index (χ2v) is 5.46. The van der Waals surface area contributed by atoms with Gasteiger partial charge in [0, 0.05) is 23.6 Å². The van der Waals surface area contributed by atoms with E-state index < -0.39 is 0 Å². The predicted octanol–water partition coefficient (Wildman–Crippen LogP) is 2.35. The van der Waals surface area contributed by atoms with Crippen LogP contribution in [0.15, 0.2) is 0 Å². The van der Waals surface area contributed by atoms with Gasteiger partial charge >= 0.3 is 0 Å². The van der Waals surface area contributed by atoms with Crippen LogP contribution in [0.2, 0.25) is 5.15 Å². The number of rotatable bonds is 5. The molecule has 5 heteroatoms. The lowest BCUT2D eigenvalue weighted by atomic mass is 10.3. The smallest absolute Gasteiger partial charge is 0.131 e. The van der Waals surface area contributed by atoms with E-state index in [4.69, 9.17) is 17.3 Å². The monoisotopic (exact) mass is 247 g/mol. The number of hydrogen-bond acceptors (Lipinski definition) is 3. The Morgan fingerprint density at radius 1 is 1.60 bits per heavy atom. The van der Waals surface area contributed by atoms with Gasteiger partial charge in [-0.15, -0.1) is 0 Å². The van der Waals surface area contributed by atoms with Gasteiger partial charge in [0.25, 0.3) is 0 Å². The molecule has 1 heterocycles. The average molecular weight is 248 g/mol. The lowest BCUT2D eigenvalue weighted by molar-refractivity contribution is 0.757. The highest BCUT2D eigenvalue weighted by atomic mass is 35.5. The van der Waals surface area contributed by atoms with Gasteiger partial charge in [0.05, 0.1) is 5.69 Å². The fourth-order valence-corrected chi connectivity index (χ4v) is 2.80. The van der Waals surface area contributed by atoms with E-state index in [1.54, 1.807) is 4.68 Å². The van der Waals surface area contributed by atoms with Crippen molar-refractivity contribution in [2.75, 3.05) is 6.54 Å². The zero-order chi connectivity index (χ0) is 11.4. The summed E-state index contributed by atoms with van der Waals surface area (Å²) in [7, 11) is 1.87. The van der Waals surface area contributed by atoms with E-state index in [-0.39, 0.29) is 0 Å². The fourth-order valence-electron chi connectivity index (χ4n) is 1.38. The Bertz CT molecular complexity index is 325. The van der Waals surface area contributed by atoms with E-state index in [9.17, 15) is 0 Å². The van der Waals surface area contributed by atoms with Crippen molar-refractivity contribution in [2.24, 2.45) is 12.8 Å². The Balaban J connectivity index is 2.57. The molecule has 1 atom stereocenters. The zero-order valence-electron chi connectivity index (χ0n) is 9.46. The standard InChI is InChI=1S/C10H18ClN3S/c1-7(4-5-12)15-6-9-8(2)13-14(3)10(9)11/h7H,4-6,12H2,1-3H3. The third-order valence-corrected chi connectivity index (χ3v) is 4.09. The van der Waals surface area contributed by atoms with Gasteiger partial charge < -0.3 is 5.73 Å². The molecule has 0 fully saturated rings. The van der Waals surface area contributed by atoms with Crippen LogP contribution in [-0.4, -0.2) is 21.6 Å². The van der Waals surface area contributed by atoms with E-state index in [1.807, 2.05) is 25.7 Å². The van der Waals surface area contributed by atoms with Crippen LogP contribution in [0.25, 0.3) is 0 Å². The molecule has 0 bridgehead atoms. The summed E-state index contributed by atoms with van der Waals surface area (Å²) < 4.78 is 1.72. The molecule has 3 nitrogen and oxygen atoms in total. The zero-order valence-corrected chi connectivity index (χ0v) is 11.0.